The van der Waals surface area contributed by atoms with Crippen LogP contribution in [0.1, 0.15) is 59.8 Å². The molecular weight excluding hydrogens is 354 g/mol. The van der Waals surface area contributed by atoms with Gasteiger partial charge in [-0.1, -0.05) is 55.0 Å². The number of sulfone groups is 1. The molecule has 4 heteroatoms. The Balaban J connectivity index is 1.58. The van der Waals surface area contributed by atoms with Crippen LogP contribution in [-0.2, 0) is 9.84 Å². The first-order valence-electron chi connectivity index (χ1n) is 10.3. The van der Waals surface area contributed by atoms with Gasteiger partial charge in [-0.05, 0) is 54.6 Å². The maximum absolute atomic E-state index is 13.4. The molecule has 0 aromatic heterocycles. The summed E-state index contributed by atoms with van der Waals surface area (Å²) in [7, 11) is -3.10. The summed E-state index contributed by atoms with van der Waals surface area (Å²) in [5, 5.41) is 0. The Morgan fingerprint density at radius 1 is 0.815 bits per heavy atom. The minimum atomic E-state index is -3.10. The largest absolute Gasteiger partial charge is 0.298 e. The normalized spacial score (nSPS) is 36.1. The average molecular weight is 380 g/mol. The third kappa shape index (κ3) is 1.93. The molecule has 2 heterocycles. The van der Waals surface area contributed by atoms with Gasteiger partial charge in [0.1, 0.15) is 4.75 Å². The van der Waals surface area contributed by atoms with Crippen molar-refractivity contribution in [3.63, 3.8) is 0 Å². The van der Waals surface area contributed by atoms with Crippen LogP contribution in [0.3, 0.4) is 0 Å². The predicted octanol–water partition coefficient (Wildman–Crippen LogP) is 3.69. The van der Waals surface area contributed by atoms with E-state index in [-0.39, 0.29) is 17.9 Å². The number of piperidine rings is 1. The molecule has 2 atom stereocenters. The summed E-state index contributed by atoms with van der Waals surface area (Å²) in [4.78, 5) is 2.51. The highest BCUT2D eigenvalue weighted by atomic mass is 32.2. The van der Waals surface area contributed by atoms with Crippen molar-refractivity contribution >= 4 is 9.84 Å². The molecule has 2 aromatic rings. The average Bonchev–Trinajstić information content (AvgIpc) is 2.72. The van der Waals surface area contributed by atoms with Crippen molar-refractivity contribution in [3.8, 4) is 0 Å². The second-order valence-corrected chi connectivity index (χ2v) is 11.1. The maximum Gasteiger partial charge on any atom is 0.160 e. The fraction of sp³-hybridized carbons (Fsp3) is 0.478. The van der Waals surface area contributed by atoms with E-state index >= 15 is 0 Å². The van der Waals surface area contributed by atoms with Crippen LogP contribution in [-0.4, -0.2) is 42.9 Å². The molecule has 5 aliphatic rings. The Labute approximate surface area is 161 Å². The van der Waals surface area contributed by atoms with Crippen molar-refractivity contribution in [2.45, 2.75) is 48.3 Å². The van der Waals surface area contributed by atoms with Gasteiger partial charge in [-0.25, -0.2) is 8.42 Å². The van der Waals surface area contributed by atoms with Crippen LogP contribution in [0.15, 0.2) is 48.5 Å². The SMILES string of the molecule is O=S1(=O)C[C@@H](N2CCCCC2)[C@]12CC1c3ccccc3C2c2ccccc21. The Morgan fingerprint density at radius 2 is 1.37 bits per heavy atom. The molecule has 0 N–H and O–H groups in total. The summed E-state index contributed by atoms with van der Waals surface area (Å²) in [5.74, 6) is 0.547. The van der Waals surface area contributed by atoms with E-state index in [2.05, 4.69) is 53.4 Å². The first-order valence-corrected chi connectivity index (χ1v) is 11.9. The van der Waals surface area contributed by atoms with Crippen LogP contribution >= 0.6 is 0 Å². The Hall–Kier alpha value is -1.65. The van der Waals surface area contributed by atoms with Crippen LogP contribution in [0, 0.1) is 0 Å². The van der Waals surface area contributed by atoms with Crippen LogP contribution in [0.5, 0.6) is 0 Å². The molecule has 27 heavy (non-hydrogen) atoms. The highest BCUT2D eigenvalue weighted by Crippen LogP contribution is 2.64. The van der Waals surface area contributed by atoms with Crippen molar-refractivity contribution in [2.24, 2.45) is 0 Å². The van der Waals surface area contributed by atoms with Crippen molar-refractivity contribution in [3.05, 3.63) is 70.8 Å². The number of nitrogens with zero attached hydrogens (tertiary/aromatic N) is 1. The fourth-order valence-corrected chi connectivity index (χ4v) is 9.21. The fourth-order valence-electron chi connectivity index (χ4n) is 6.59. The zero-order valence-electron chi connectivity index (χ0n) is 15.5. The molecule has 7 rings (SSSR count). The van der Waals surface area contributed by atoms with Gasteiger partial charge >= 0.3 is 0 Å². The third-order valence-corrected chi connectivity index (χ3v) is 10.3. The number of benzene rings is 2. The molecule has 2 saturated heterocycles. The summed E-state index contributed by atoms with van der Waals surface area (Å²) in [6.45, 7) is 2.12. The molecule has 0 radical (unpaired) electrons. The van der Waals surface area contributed by atoms with E-state index in [1.165, 1.54) is 41.5 Å². The molecule has 2 fully saturated rings. The highest BCUT2D eigenvalue weighted by Gasteiger charge is 2.70. The summed E-state index contributed by atoms with van der Waals surface area (Å²) >= 11 is 0. The quantitative estimate of drug-likeness (QED) is 0.758. The monoisotopic (exact) mass is 379 g/mol. The molecule has 140 valence electrons. The highest BCUT2D eigenvalue weighted by molar-refractivity contribution is 7.94. The lowest BCUT2D eigenvalue weighted by atomic mass is 9.56. The smallest absolute Gasteiger partial charge is 0.160 e. The van der Waals surface area contributed by atoms with Crippen LogP contribution in [0.4, 0.5) is 0 Å². The van der Waals surface area contributed by atoms with E-state index in [1.54, 1.807) is 0 Å². The molecular formula is C23H25NO2S. The third-order valence-electron chi connectivity index (χ3n) is 7.73. The summed E-state index contributed by atoms with van der Waals surface area (Å²) in [6, 6.07) is 17.4. The van der Waals surface area contributed by atoms with E-state index < -0.39 is 14.6 Å². The molecule has 1 spiro atoms. The number of rotatable bonds is 1. The second kappa shape index (κ2) is 5.45. The van der Waals surface area contributed by atoms with Crippen molar-refractivity contribution in [2.75, 3.05) is 18.8 Å². The standard InChI is InChI=1S/C23H25NO2S/c25-27(26)15-21(24-12-6-1-7-13-24)23(27)14-20-16-8-2-4-10-18(16)22(23)19-11-5-3-9-17(19)20/h2-5,8-11,20-22H,1,6-7,12-15H2/t20?,21-,22?,23+/m1/s1. The molecule has 2 aromatic carbocycles. The summed E-state index contributed by atoms with van der Waals surface area (Å²) < 4.78 is 26.2. The summed E-state index contributed by atoms with van der Waals surface area (Å²) in [5.41, 5.74) is 5.23. The van der Waals surface area contributed by atoms with Crippen molar-refractivity contribution in [1.29, 1.82) is 0 Å². The molecule has 3 nitrogen and oxygen atoms in total. The lowest BCUT2D eigenvalue weighted by molar-refractivity contribution is 0.102. The van der Waals surface area contributed by atoms with E-state index in [0.717, 1.165) is 19.5 Å². The van der Waals surface area contributed by atoms with Gasteiger partial charge in [-0.2, -0.15) is 0 Å². The van der Waals surface area contributed by atoms with Gasteiger partial charge in [0.25, 0.3) is 0 Å². The van der Waals surface area contributed by atoms with Gasteiger partial charge < -0.3 is 0 Å². The minimum absolute atomic E-state index is 0.0134. The van der Waals surface area contributed by atoms with Gasteiger partial charge in [-0.15, -0.1) is 0 Å². The lowest BCUT2D eigenvalue weighted by Crippen LogP contribution is -2.74. The second-order valence-electron chi connectivity index (χ2n) is 8.80. The van der Waals surface area contributed by atoms with E-state index in [9.17, 15) is 8.42 Å². The maximum atomic E-state index is 13.4. The Bertz CT molecular complexity index is 977. The van der Waals surface area contributed by atoms with Gasteiger partial charge in [0.05, 0.1) is 5.75 Å². The Morgan fingerprint density at radius 3 is 1.93 bits per heavy atom. The van der Waals surface area contributed by atoms with E-state index in [4.69, 9.17) is 0 Å². The van der Waals surface area contributed by atoms with Crippen molar-refractivity contribution in [1.82, 2.24) is 4.90 Å². The molecule has 0 amide bonds. The first-order chi connectivity index (χ1) is 13.1. The van der Waals surface area contributed by atoms with Crippen LogP contribution < -0.4 is 0 Å². The zero-order valence-corrected chi connectivity index (χ0v) is 16.3. The summed E-state index contributed by atoms with van der Waals surface area (Å²) in [6.07, 6.45) is 4.44. The topological polar surface area (TPSA) is 37.4 Å². The first kappa shape index (κ1) is 16.3. The van der Waals surface area contributed by atoms with E-state index in [0.29, 0.717) is 5.75 Å². The van der Waals surface area contributed by atoms with Gasteiger partial charge in [-0.3, -0.25) is 4.90 Å². The molecule has 0 unspecified atom stereocenters. The molecule has 0 saturated carbocycles. The minimum Gasteiger partial charge on any atom is -0.298 e. The Kier molecular flexibility index (Phi) is 3.29. The molecule has 3 aliphatic carbocycles. The van der Waals surface area contributed by atoms with Crippen LogP contribution in [0.2, 0.25) is 0 Å². The number of likely N-dealkylation sites (tertiary alicyclic amines) is 1. The molecule has 2 aliphatic heterocycles. The predicted molar refractivity (Wildman–Crippen MR) is 107 cm³/mol. The van der Waals surface area contributed by atoms with Crippen molar-refractivity contribution < 1.29 is 8.42 Å². The zero-order chi connectivity index (χ0) is 18.2. The number of hydrogen-bond donors (Lipinski definition) is 0. The van der Waals surface area contributed by atoms with Gasteiger partial charge in [0, 0.05) is 17.9 Å². The van der Waals surface area contributed by atoms with Crippen LogP contribution in [0.25, 0.3) is 0 Å². The number of hydrogen-bond acceptors (Lipinski definition) is 3. The van der Waals surface area contributed by atoms with E-state index in [1.807, 2.05) is 0 Å². The van der Waals surface area contributed by atoms with Gasteiger partial charge in [0.2, 0.25) is 0 Å². The molecule has 2 bridgehead atoms. The lowest BCUT2D eigenvalue weighted by Gasteiger charge is -2.63. The van der Waals surface area contributed by atoms with Gasteiger partial charge in [0.15, 0.2) is 9.84 Å².